The van der Waals surface area contributed by atoms with Crippen LogP contribution in [0, 0.1) is 6.92 Å². The molecule has 1 aliphatic heterocycles. The topological polar surface area (TPSA) is 67.2 Å². The Morgan fingerprint density at radius 2 is 1.86 bits per heavy atom. The molecule has 144 valence electrons. The molecule has 1 aromatic carbocycles. The van der Waals surface area contributed by atoms with E-state index in [0.717, 1.165) is 11.4 Å². The zero-order valence-electron chi connectivity index (χ0n) is 15.6. The highest BCUT2D eigenvalue weighted by Gasteiger charge is 2.28. The Morgan fingerprint density at radius 3 is 2.54 bits per heavy atom. The van der Waals surface area contributed by atoms with E-state index in [4.69, 9.17) is 11.6 Å². The lowest BCUT2D eigenvalue weighted by Crippen LogP contribution is -2.49. The first-order valence-corrected chi connectivity index (χ1v) is 9.58. The number of nitrogens with zero attached hydrogens (tertiary/aromatic N) is 6. The fourth-order valence-corrected chi connectivity index (χ4v) is 3.72. The second kappa shape index (κ2) is 7.98. The van der Waals surface area contributed by atoms with Crippen molar-refractivity contribution in [3.05, 3.63) is 70.9 Å². The van der Waals surface area contributed by atoms with Gasteiger partial charge in [-0.15, -0.1) is 0 Å². The molecule has 2 aromatic heterocycles. The quantitative estimate of drug-likeness (QED) is 0.678. The van der Waals surface area contributed by atoms with Crippen LogP contribution in [0.1, 0.15) is 21.6 Å². The van der Waals surface area contributed by atoms with Crippen LogP contribution >= 0.6 is 11.6 Å². The van der Waals surface area contributed by atoms with E-state index in [1.807, 2.05) is 42.2 Å². The minimum atomic E-state index is -0.0689. The molecule has 0 aliphatic carbocycles. The number of carbonyl (C=O) groups excluding carboxylic acids is 1. The van der Waals surface area contributed by atoms with Gasteiger partial charge in [-0.05, 0) is 12.5 Å². The first kappa shape index (κ1) is 18.4. The third kappa shape index (κ3) is 3.71. The van der Waals surface area contributed by atoms with E-state index in [-0.39, 0.29) is 5.91 Å². The van der Waals surface area contributed by atoms with Crippen LogP contribution in [-0.2, 0) is 6.54 Å². The second-order valence-corrected chi connectivity index (χ2v) is 7.10. The molecule has 7 nitrogen and oxygen atoms in total. The zero-order chi connectivity index (χ0) is 19.5. The third-order valence-electron chi connectivity index (χ3n) is 4.89. The molecular weight excluding hydrogens is 376 g/mol. The van der Waals surface area contributed by atoms with Crippen molar-refractivity contribution in [2.75, 3.05) is 31.1 Å². The number of aryl methyl sites for hydroxylation is 1. The Labute approximate surface area is 168 Å². The van der Waals surface area contributed by atoms with Crippen molar-refractivity contribution < 1.29 is 4.79 Å². The predicted octanol–water partition coefficient (Wildman–Crippen LogP) is 2.65. The van der Waals surface area contributed by atoms with Crippen molar-refractivity contribution >= 4 is 23.3 Å². The molecule has 0 radical (unpaired) electrons. The summed E-state index contributed by atoms with van der Waals surface area (Å²) in [5.74, 6) is 0.764. The molecular formula is C20H21ClN6O. The summed E-state index contributed by atoms with van der Waals surface area (Å²) in [5, 5.41) is 4.88. The number of hydrogen-bond acceptors (Lipinski definition) is 5. The minimum Gasteiger partial charge on any atom is -0.352 e. The van der Waals surface area contributed by atoms with Gasteiger partial charge in [-0.3, -0.25) is 9.78 Å². The molecule has 1 saturated heterocycles. The molecule has 0 N–H and O–H groups in total. The molecule has 0 atom stereocenters. The fraction of sp³-hybridized carbons (Fsp3) is 0.300. The Bertz CT molecular complexity index is 952. The summed E-state index contributed by atoms with van der Waals surface area (Å²) in [6.45, 7) is 4.99. The van der Waals surface area contributed by atoms with Crippen LogP contribution in [0.3, 0.4) is 0 Å². The molecule has 4 rings (SSSR count). The van der Waals surface area contributed by atoms with Gasteiger partial charge in [0.15, 0.2) is 0 Å². The maximum Gasteiger partial charge on any atom is 0.259 e. The van der Waals surface area contributed by atoms with Gasteiger partial charge >= 0.3 is 0 Å². The number of hydrogen-bond donors (Lipinski definition) is 0. The lowest BCUT2D eigenvalue weighted by molar-refractivity contribution is 0.0746. The number of aromatic nitrogens is 4. The zero-order valence-corrected chi connectivity index (χ0v) is 16.4. The lowest BCUT2D eigenvalue weighted by Gasteiger charge is -2.35. The first-order valence-electron chi connectivity index (χ1n) is 9.20. The summed E-state index contributed by atoms with van der Waals surface area (Å²) in [6.07, 6.45) is 5.07. The van der Waals surface area contributed by atoms with Gasteiger partial charge in [-0.25, -0.2) is 9.67 Å². The molecule has 8 heteroatoms. The highest BCUT2D eigenvalue weighted by atomic mass is 35.5. The molecule has 0 saturated carbocycles. The van der Waals surface area contributed by atoms with Gasteiger partial charge in [0.05, 0.1) is 24.0 Å². The number of rotatable bonds is 4. The van der Waals surface area contributed by atoms with Gasteiger partial charge in [0, 0.05) is 38.6 Å². The lowest BCUT2D eigenvalue weighted by atomic mass is 10.2. The van der Waals surface area contributed by atoms with E-state index in [1.165, 1.54) is 0 Å². The molecule has 1 aliphatic rings. The third-order valence-corrected chi connectivity index (χ3v) is 5.28. The Hall–Kier alpha value is -2.93. The van der Waals surface area contributed by atoms with Crippen LogP contribution in [0.2, 0.25) is 5.15 Å². The van der Waals surface area contributed by atoms with Gasteiger partial charge < -0.3 is 9.80 Å². The van der Waals surface area contributed by atoms with Gasteiger partial charge in [0.1, 0.15) is 11.0 Å². The van der Waals surface area contributed by atoms with E-state index < -0.39 is 0 Å². The molecule has 0 unspecified atom stereocenters. The monoisotopic (exact) mass is 396 g/mol. The normalized spacial score (nSPS) is 14.4. The average molecular weight is 397 g/mol. The standard InChI is InChI=1S/C20H21ClN6O/c1-15-18(19(21)27(24-15)14-16-5-3-2-4-6-16)20(28)26-11-9-25(10-12-26)17-13-22-7-8-23-17/h2-8,13H,9-12,14H2,1H3. The van der Waals surface area contributed by atoms with Crippen molar-refractivity contribution in [2.24, 2.45) is 0 Å². The van der Waals surface area contributed by atoms with Crippen molar-refractivity contribution in [1.29, 1.82) is 0 Å². The van der Waals surface area contributed by atoms with Crippen LogP contribution in [0.5, 0.6) is 0 Å². The Balaban J connectivity index is 1.47. The Kier molecular flexibility index (Phi) is 5.25. The fourth-order valence-electron chi connectivity index (χ4n) is 3.41. The maximum absolute atomic E-state index is 13.1. The number of piperazine rings is 1. The van der Waals surface area contributed by atoms with Crippen LogP contribution in [0.25, 0.3) is 0 Å². The van der Waals surface area contributed by atoms with Gasteiger partial charge in [-0.2, -0.15) is 5.10 Å². The minimum absolute atomic E-state index is 0.0689. The summed E-state index contributed by atoms with van der Waals surface area (Å²) in [6, 6.07) is 9.95. The van der Waals surface area contributed by atoms with Crippen molar-refractivity contribution in [1.82, 2.24) is 24.6 Å². The summed E-state index contributed by atoms with van der Waals surface area (Å²) in [7, 11) is 0. The summed E-state index contributed by atoms with van der Waals surface area (Å²) < 4.78 is 1.69. The molecule has 0 bridgehead atoms. The average Bonchev–Trinajstić information content (AvgIpc) is 3.02. The van der Waals surface area contributed by atoms with E-state index in [1.54, 1.807) is 23.3 Å². The summed E-state index contributed by atoms with van der Waals surface area (Å²) in [4.78, 5) is 25.5. The SMILES string of the molecule is Cc1nn(Cc2ccccc2)c(Cl)c1C(=O)N1CCN(c2cnccn2)CC1. The number of halogens is 1. The van der Waals surface area contributed by atoms with Crippen molar-refractivity contribution in [3.63, 3.8) is 0 Å². The van der Waals surface area contributed by atoms with Crippen molar-refractivity contribution in [2.45, 2.75) is 13.5 Å². The highest BCUT2D eigenvalue weighted by Crippen LogP contribution is 2.23. The highest BCUT2D eigenvalue weighted by molar-refractivity contribution is 6.33. The molecule has 1 fully saturated rings. The number of anilines is 1. The number of amides is 1. The van der Waals surface area contributed by atoms with Crippen LogP contribution in [0.15, 0.2) is 48.9 Å². The first-order chi connectivity index (χ1) is 13.6. The molecule has 3 heterocycles. The van der Waals surface area contributed by atoms with Crippen LogP contribution < -0.4 is 4.90 Å². The van der Waals surface area contributed by atoms with Crippen molar-refractivity contribution in [3.8, 4) is 0 Å². The van der Waals surface area contributed by atoms with E-state index in [2.05, 4.69) is 20.0 Å². The second-order valence-electron chi connectivity index (χ2n) is 6.74. The van der Waals surface area contributed by atoms with Gasteiger partial charge in [0.25, 0.3) is 5.91 Å². The van der Waals surface area contributed by atoms with Gasteiger partial charge in [-0.1, -0.05) is 41.9 Å². The maximum atomic E-state index is 13.1. The van der Waals surface area contributed by atoms with Gasteiger partial charge in [0.2, 0.25) is 0 Å². The molecule has 0 spiro atoms. The largest absolute Gasteiger partial charge is 0.352 e. The summed E-state index contributed by atoms with van der Waals surface area (Å²) >= 11 is 6.54. The summed E-state index contributed by atoms with van der Waals surface area (Å²) in [5.41, 5.74) is 2.23. The predicted molar refractivity (Wildman–Crippen MR) is 108 cm³/mol. The molecule has 28 heavy (non-hydrogen) atoms. The number of benzene rings is 1. The Morgan fingerprint density at radius 1 is 1.11 bits per heavy atom. The molecule has 3 aromatic rings. The van der Waals surface area contributed by atoms with E-state index >= 15 is 0 Å². The molecule has 1 amide bonds. The van der Waals surface area contributed by atoms with Crippen LogP contribution in [-0.4, -0.2) is 56.7 Å². The van der Waals surface area contributed by atoms with Crippen LogP contribution in [0.4, 0.5) is 5.82 Å². The van der Waals surface area contributed by atoms with E-state index in [0.29, 0.717) is 49.1 Å². The smallest absolute Gasteiger partial charge is 0.259 e. The number of carbonyl (C=O) groups is 1. The van der Waals surface area contributed by atoms with E-state index in [9.17, 15) is 4.79 Å².